The molecule has 3 aromatic rings. The summed E-state index contributed by atoms with van der Waals surface area (Å²) in [5.41, 5.74) is 8.21. The molecule has 3 amide bonds. The quantitative estimate of drug-likeness (QED) is 0.117. The van der Waals surface area contributed by atoms with E-state index in [2.05, 4.69) is 20.9 Å². The highest BCUT2D eigenvalue weighted by molar-refractivity contribution is 5.94. The number of nitrogens with one attached hydrogen (secondary N) is 4. The van der Waals surface area contributed by atoms with Gasteiger partial charge in [0.05, 0.1) is 6.04 Å². The zero-order valence-electron chi connectivity index (χ0n) is 24.6. The lowest BCUT2D eigenvalue weighted by atomic mass is 9.96. The minimum atomic E-state index is -1.33. The summed E-state index contributed by atoms with van der Waals surface area (Å²) >= 11 is 0. The molecule has 0 aliphatic rings. The molecule has 236 valence electrons. The molecule has 2 aromatic carbocycles. The van der Waals surface area contributed by atoms with Gasteiger partial charge in [-0.3, -0.25) is 19.2 Å². The van der Waals surface area contributed by atoms with Gasteiger partial charge in [-0.25, -0.2) is 4.79 Å². The summed E-state index contributed by atoms with van der Waals surface area (Å²) in [6, 6.07) is 8.53. The zero-order chi connectivity index (χ0) is 32.4. The van der Waals surface area contributed by atoms with Crippen molar-refractivity contribution in [2.24, 2.45) is 11.7 Å². The minimum Gasteiger partial charge on any atom is -0.508 e. The van der Waals surface area contributed by atoms with Crippen LogP contribution in [0.3, 0.4) is 0 Å². The Hall–Kier alpha value is -4.91. The standard InChI is InChI=1S/C31H39N5O8/c1-3-17(2)27(30(42)35-25(31(43)44)15-19-16-33-23-7-5-4-6-21(19)23)36-29(41)24(12-13-26(38)39)34-28(40)22(32)14-18-8-10-20(37)11-9-18/h4-11,16-17,22,24-25,27,33,37H,3,12-15,32H2,1-2H3,(H,34,40)(H,35,42)(H,36,41)(H,38,39)(H,43,44). The topological polar surface area (TPSA) is 224 Å². The lowest BCUT2D eigenvalue weighted by Crippen LogP contribution is -2.59. The Morgan fingerprint density at radius 3 is 2.16 bits per heavy atom. The summed E-state index contributed by atoms with van der Waals surface area (Å²) in [4.78, 5) is 66.2. The first-order chi connectivity index (χ1) is 20.9. The van der Waals surface area contributed by atoms with Crippen molar-refractivity contribution in [3.63, 3.8) is 0 Å². The maximum absolute atomic E-state index is 13.4. The predicted molar refractivity (Wildman–Crippen MR) is 162 cm³/mol. The Labute approximate surface area is 254 Å². The molecule has 44 heavy (non-hydrogen) atoms. The summed E-state index contributed by atoms with van der Waals surface area (Å²) in [5, 5.41) is 37.0. The van der Waals surface area contributed by atoms with Crippen molar-refractivity contribution in [2.75, 3.05) is 0 Å². The van der Waals surface area contributed by atoms with E-state index in [1.54, 1.807) is 32.2 Å². The number of H-pyrrole nitrogens is 1. The SMILES string of the molecule is CCC(C)C(NC(=O)C(CCC(=O)O)NC(=O)C(N)Cc1ccc(O)cc1)C(=O)NC(Cc1c[nH]c2ccccc12)C(=O)O. The number of benzene rings is 2. The van der Waals surface area contributed by atoms with Gasteiger partial charge >= 0.3 is 11.9 Å². The van der Waals surface area contributed by atoms with E-state index in [9.17, 15) is 39.3 Å². The van der Waals surface area contributed by atoms with Crippen LogP contribution in [0.15, 0.2) is 54.7 Å². The molecule has 0 aliphatic heterocycles. The van der Waals surface area contributed by atoms with Gasteiger partial charge in [-0.1, -0.05) is 50.6 Å². The molecule has 1 heterocycles. The number of carboxylic acids is 2. The molecular weight excluding hydrogens is 570 g/mol. The predicted octanol–water partition coefficient (Wildman–Crippen LogP) is 1.44. The molecule has 0 radical (unpaired) electrons. The third kappa shape index (κ3) is 9.30. The summed E-state index contributed by atoms with van der Waals surface area (Å²) in [7, 11) is 0. The number of amides is 3. The first-order valence-corrected chi connectivity index (χ1v) is 14.3. The van der Waals surface area contributed by atoms with E-state index in [0.29, 0.717) is 17.5 Å². The molecule has 5 atom stereocenters. The number of para-hydroxylation sites is 1. The number of aromatic nitrogens is 1. The number of aromatic amines is 1. The smallest absolute Gasteiger partial charge is 0.326 e. The second-order valence-electron chi connectivity index (χ2n) is 10.8. The molecular formula is C31H39N5O8. The Balaban J connectivity index is 1.73. The van der Waals surface area contributed by atoms with E-state index in [0.717, 1.165) is 10.9 Å². The van der Waals surface area contributed by atoms with Gasteiger partial charge in [0.1, 0.15) is 23.9 Å². The van der Waals surface area contributed by atoms with Gasteiger partial charge in [-0.15, -0.1) is 0 Å². The van der Waals surface area contributed by atoms with Crippen LogP contribution in [0.4, 0.5) is 0 Å². The molecule has 0 saturated heterocycles. The molecule has 1 aromatic heterocycles. The highest BCUT2D eigenvalue weighted by atomic mass is 16.4. The number of fused-ring (bicyclic) bond motifs is 1. The molecule has 5 unspecified atom stereocenters. The molecule has 13 nitrogen and oxygen atoms in total. The largest absolute Gasteiger partial charge is 0.508 e. The van der Waals surface area contributed by atoms with Crippen molar-refractivity contribution < 1.29 is 39.3 Å². The molecule has 13 heteroatoms. The highest BCUT2D eigenvalue weighted by Gasteiger charge is 2.33. The molecule has 0 aliphatic carbocycles. The van der Waals surface area contributed by atoms with E-state index in [1.165, 1.54) is 12.1 Å². The average Bonchev–Trinajstić information content (AvgIpc) is 3.40. The Bertz CT molecular complexity index is 1470. The summed E-state index contributed by atoms with van der Waals surface area (Å²) in [5.74, 6) is -5.08. The van der Waals surface area contributed by atoms with Crippen molar-refractivity contribution in [3.05, 3.63) is 65.9 Å². The van der Waals surface area contributed by atoms with Gasteiger partial charge in [0.15, 0.2) is 0 Å². The number of hydrogen-bond donors (Lipinski definition) is 8. The normalized spacial score (nSPS) is 14.5. The molecule has 0 fully saturated rings. The number of aliphatic carboxylic acids is 2. The van der Waals surface area contributed by atoms with Crippen LogP contribution in [-0.4, -0.2) is 74.1 Å². The summed E-state index contributed by atoms with van der Waals surface area (Å²) in [6.45, 7) is 3.50. The van der Waals surface area contributed by atoms with Crippen molar-refractivity contribution in [1.82, 2.24) is 20.9 Å². The van der Waals surface area contributed by atoms with E-state index in [1.807, 2.05) is 24.3 Å². The van der Waals surface area contributed by atoms with Crippen LogP contribution in [0.25, 0.3) is 10.9 Å². The lowest BCUT2D eigenvalue weighted by molar-refractivity contribution is -0.142. The monoisotopic (exact) mass is 609 g/mol. The third-order valence-electron chi connectivity index (χ3n) is 7.52. The molecule has 9 N–H and O–H groups in total. The van der Waals surface area contributed by atoms with Gasteiger partial charge in [0, 0.05) is 29.9 Å². The van der Waals surface area contributed by atoms with E-state index < -0.39 is 66.2 Å². The number of nitrogens with two attached hydrogens (primary N) is 1. The number of phenolic OH excluding ortho intramolecular Hbond substituents is 1. The van der Waals surface area contributed by atoms with Crippen molar-refractivity contribution >= 4 is 40.6 Å². The zero-order valence-corrected chi connectivity index (χ0v) is 24.6. The van der Waals surface area contributed by atoms with Crippen LogP contribution >= 0.6 is 0 Å². The Kier molecular flexibility index (Phi) is 11.9. The Morgan fingerprint density at radius 2 is 1.52 bits per heavy atom. The van der Waals surface area contributed by atoms with Gasteiger partial charge in [-0.2, -0.15) is 0 Å². The van der Waals surface area contributed by atoms with Crippen molar-refractivity contribution in [2.45, 2.75) is 70.1 Å². The number of carboxylic acid groups (broad SMARTS) is 2. The van der Waals surface area contributed by atoms with Crippen LogP contribution in [0.2, 0.25) is 0 Å². The minimum absolute atomic E-state index is 0.0114. The number of carbonyl (C=O) groups excluding carboxylic acids is 3. The van der Waals surface area contributed by atoms with Gasteiger partial charge in [0.25, 0.3) is 0 Å². The van der Waals surface area contributed by atoms with Crippen molar-refractivity contribution in [3.8, 4) is 5.75 Å². The van der Waals surface area contributed by atoms with Gasteiger partial charge in [0.2, 0.25) is 17.7 Å². The average molecular weight is 610 g/mol. The Morgan fingerprint density at radius 1 is 0.864 bits per heavy atom. The van der Waals surface area contributed by atoms with Gasteiger partial charge in [-0.05, 0) is 48.1 Å². The summed E-state index contributed by atoms with van der Waals surface area (Å²) in [6.07, 6.45) is 1.49. The fourth-order valence-electron chi connectivity index (χ4n) is 4.73. The maximum Gasteiger partial charge on any atom is 0.326 e. The van der Waals surface area contributed by atoms with Crippen LogP contribution in [0, 0.1) is 5.92 Å². The van der Waals surface area contributed by atoms with Crippen LogP contribution in [-0.2, 0) is 36.8 Å². The summed E-state index contributed by atoms with van der Waals surface area (Å²) < 4.78 is 0. The number of aromatic hydroxyl groups is 1. The number of carbonyl (C=O) groups is 5. The molecule has 3 rings (SSSR count). The van der Waals surface area contributed by atoms with Crippen LogP contribution < -0.4 is 21.7 Å². The van der Waals surface area contributed by atoms with E-state index in [-0.39, 0.29) is 25.0 Å². The lowest BCUT2D eigenvalue weighted by Gasteiger charge is -2.28. The fourth-order valence-corrected chi connectivity index (χ4v) is 4.73. The first kappa shape index (κ1) is 33.6. The first-order valence-electron chi connectivity index (χ1n) is 14.3. The van der Waals surface area contributed by atoms with E-state index in [4.69, 9.17) is 5.73 Å². The van der Waals surface area contributed by atoms with E-state index >= 15 is 0 Å². The molecule has 0 spiro atoms. The number of hydrogen-bond acceptors (Lipinski definition) is 7. The fraction of sp³-hybridized carbons (Fsp3) is 0.387. The van der Waals surface area contributed by atoms with Crippen LogP contribution in [0.5, 0.6) is 5.75 Å². The van der Waals surface area contributed by atoms with Gasteiger partial charge < -0.3 is 42.0 Å². The number of phenols is 1. The third-order valence-corrected chi connectivity index (χ3v) is 7.52. The highest BCUT2D eigenvalue weighted by Crippen LogP contribution is 2.20. The van der Waals surface area contributed by atoms with Crippen molar-refractivity contribution in [1.29, 1.82) is 0 Å². The molecule has 0 bridgehead atoms. The number of rotatable bonds is 16. The second-order valence-corrected chi connectivity index (χ2v) is 10.8. The van der Waals surface area contributed by atoms with Crippen LogP contribution in [0.1, 0.15) is 44.2 Å². The molecule has 0 saturated carbocycles. The second kappa shape index (κ2) is 15.5. The maximum atomic E-state index is 13.4.